The minimum atomic E-state index is -0.110. The summed E-state index contributed by atoms with van der Waals surface area (Å²) in [6.45, 7) is 3.46. The van der Waals surface area contributed by atoms with Crippen molar-refractivity contribution in [3.8, 4) is 0 Å². The summed E-state index contributed by atoms with van der Waals surface area (Å²) in [6, 6.07) is 3.56. The first-order valence-corrected chi connectivity index (χ1v) is 6.43. The molecule has 1 amide bonds. The number of likely N-dealkylation sites (tertiary alicyclic amines) is 1. The summed E-state index contributed by atoms with van der Waals surface area (Å²) >= 11 is 5.09. The van der Waals surface area contributed by atoms with Crippen molar-refractivity contribution in [3.05, 3.63) is 30.1 Å². The monoisotopic (exact) mass is 263 g/mol. The number of carbonyl (C=O) groups is 1. The van der Waals surface area contributed by atoms with Gasteiger partial charge in [0.1, 0.15) is 0 Å². The Bertz CT molecular complexity index is 453. The Morgan fingerprint density at radius 3 is 2.67 bits per heavy atom. The van der Waals surface area contributed by atoms with E-state index in [0.29, 0.717) is 23.6 Å². The van der Waals surface area contributed by atoms with Crippen LogP contribution in [0.15, 0.2) is 24.5 Å². The van der Waals surface area contributed by atoms with Crippen LogP contribution < -0.4 is 5.73 Å². The third-order valence-electron chi connectivity index (χ3n) is 3.66. The molecule has 0 atom stereocenters. The molecule has 0 aliphatic carbocycles. The Morgan fingerprint density at radius 1 is 1.50 bits per heavy atom. The summed E-state index contributed by atoms with van der Waals surface area (Å²) in [5.41, 5.74) is 6.28. The zero-order chi connectivity index (χ0) is 13.2. The van der Waals surface area contributed by atoms with Crippen LogP contribution in [-0.2, 0) is 0 Å². The number of thiocarbonyl (C=S) groups is 1. The van der Waals surface area contributed by atoms with E-state index in [0.717, 1.165) is 12.8 Å². The van der Waals surface area contributed by atoms with Crippen molar-refractivity contribution in [1.29, 1.82) is 0 Å². The van der Waals surface area contributed by atoms with Crippen LogP contribution in [0, 0.1) is 5.41 Å². The summed E-state index contributed by atoms with van der Waals surface area (Å²) in [7, 11) is 0. The molecule has 0 unspecified atom stereocenters. The fourth-order valence-corrected chi connectivity index (χ4v) is 2.33. The molecule has 96 valence electrons. The van der Waals surface area contributed by atoms with E-state index in [2.05, 4.69) is 11.9 Å². The van der Waals surface area contributed by atoms with E-state index < -0.39 is 0 Å². The van der Waals surface area contributed by atoms with Gasteiger partial charge in [0, 0.05) is 30.9 Å². The van der Waals surface area contributed by atoms with E-state index in [1.807, 2.05) is 4.90 Å². The van der Waals surface area contributed by atoms with Gasteiger partial charge in [-0.15, -0.1) is 0 Å². The third kappa shape index (κ3) is 2.51. The molecule has 18 heavy (non-hydrogen) atoms. The van der Waals surface area contributed by atoms with Crippen LogP contribution in [0.5, 0.6) is 0 Å². The normalized spacial score (nSPS) is 18.4. The number of nitrogens with two attached hydrogens (primary N) is 1. The maximum Gasteiger partial charge on any atom is 0.255 e. The summed E-state index contributed by atoms with van der Waals surface area (Å²) in [6.07, 6.45) is 4.92. The van der Waals surface area contributed by atoms with E-state index in [1.54, 1.807) is 24.5 Å². The standard InChI is InChI=1S/C13H17N3OS/c1-13(12(14)18)4-7-16(8-5-13)11(17)10-3-2-6-15-9-10/h2-3,6,9H,4-5,7-8H2,1H3,(H2,14,18). The highest BCUT2D eigenvalue weighted by molar-refractivity contribution is 7.80. The quantitative estimate of drug-likeness (QED) is 0.824. The highest BCUT2D eigenvalue weighted by atomic mass is 32.1. The molecule has 1 aliphatic rings. The molecule has 1 fully saturated rings. The zero-order valence-corrected chi connectivity index (χ0v) is 11.2. The molecule has 2 heterocycles. The molecule has 2 rings (SSSR count). The number of carbonyl (C=O) groups excluding carboxylic acids is 1. The van der Waals surface area contributed by atoms with Crippen LogP contribution in [0.3, 0.4) is 0 Å². The predicted molar refractivity (Wildman–Crippen MR) is 74.3 cm³/mol. The van der Waals surface area contributed by atoms with Gasteiger partial charge in [-0.1, -0.05) is 19.1 Å². The molecule has 1 aromatic rings. The van der Waals surface area contributed by atoms with Crippen molar-refractivity contribution < 1.29 is 4.79 Å². The second kappa shape index (κ2) is 5.02. The molecule has 0 aromatic carbocycles. The Labute approximate surface area is 112 Å². The zero-order valence-electron chi connectivity index (χ0n) is 10.4. The predicted octanol–water partition coefficient (Wildman–Crippen LogP) is 1.61. The van der Waals surface area contributed by atoms with Gasteiger partial charge in [0.05, 0.1) is 10.6 Å². The number of pyridine rings is 1. The number of nitrogens with zero attached hydrogens (tertiary/aromatic N) is 2. The Kier molecular flexibility index (Phi) is 3.61. The SMILES string of the molecule is CC1(C(N)=S)CCN(C(=O)c2cccnc2)CC1. The van der Waals surface area contributed by atoms with Crippen LogP contribution in [-0.4, -0.2) is 33.9 Å². The third-order valence-corrected chi connectivity index (χ3v) is 4.15. The molecule has 2 N–H and O–H groups in total. The molecule has 0 saturated carbocycles. The molecule has 1 saturated heterocycles. The van der Waals surface area contributed by atoms with Gasteiger partial charge < -0.3 is 10.6 Å². The van der Waals surface area contributed by atoms with Gasteiger partial charge in [-0.3, -0.25) is 9.78 Å². The molecule has 0 spiro atoms. The molecule has 0 radical (unpaired) electrons. The smallest absolute Gasteiger partial charge is 0.255 e. The maximum atomic E-state index is 12.2. The van der Waals surface area contributed by atoms with Gasteiger partial charge in [-0.05, 0) is 25.0 Å². The fraction of sp³-hybridized carbons (Fsp3) is 0.462. The van der Waals surface area contributed by atoms with Crippen molar-refractivity contribution in [2.75, 3.05) is 13.1 Å². The number of hydrogen-bond donors (Lipinski definition) is 1. The van der Waals surface area contributed by atoms with Crippen molar-refractivity contribution in [2.24, 2.45) is 11.1 Å². The fourth-order valence-electron chi connectivity index (χ4n) is 2.12. The average Bonchev–Trinajstić information content (AvgIpc) is 2.40. The first kappa shape index (κ1) is 13.0. The second-order valence-corrected chi connectivity index (χ2v) is 5.40. The van der Waals surface area contributed by atoms with Crippen LogP contribution in [0.1, 0.15) is 30.1 Å². The molecule has 4 nitrogen and oxygen atoms in total. The van der Waals surface area contributed by atoms with Gasteiger partial charge >= 0.3 is 0 Å². The van der Waals surface area contributed by atoms with Crippen molar-refractivity contribution in [1.82, 2.24) is 9.88 Å². The van der Waals surface area contributed by atoms with Crippen LogP contribution in [0.2, 0.25) is 0 Å². The van der Waals surface area contributed by atoms with E-state index in [1.165, 1.54) is 0 Å². The molecule has 5 heteroatoms. The lowest BCUT2D eigenvalue weighted by atomic mass is 9.80. The van der Waals surface area contributed by atoms with Crippen molar-refractivity contribution in [2.45, 2.75) is 19.8 Å². The lowest BCUT2D eigenvalue weighted by Crippen LogP contribution is -2.46. The molecular weight excluding hydrogens is 246 g/mol. The van der Waals surface area contributed by atoms with Crippen LogP contribution in [0.25, 0.3) is 0 Å². The number of rotatable bonds is 2. The lowest BCUT2D eigenvalue weighted by molar-refractivity contribution is 0.0670. The highest BCUT2D eigenvalue weighted by Crippen LogP contribution is 2.31. The van der Waals surface area contributed by atoms with Crippen molar-refractivity contribution in [3.63, 3.8) is 0 Å². The summed E-state index contributed by atoms with van der Waals surface area (Å²) in [5, 5.41) is 0. The van der Waals surface area contributed by atoms with E-state index in [4.69, 9.17) is 18.0 Å². The highest BCUT2D eigenvalue weighted by Gasteiger charge is 2.34. The van der Waals surface area contributed by atoms with Gasteiger partial charge in [-0.25, -0.2) is 0 Å². The Hall–Kier alpha value is -1.49. The van der Waals surface area contributed by atoms with Gasteiger partial charge in [0.2, 0.25) is 0 Å². The first-order chi connectivity index (χ1) is 8.53. The Morgan fingerprint density at radius 2 is 2.17 bits per heavy atom. The first-order valence-electron chi connectivity index (χ1n) is 6.02. The van der Waals surface area contributed by atoms with Crippen LogP contribution >= 0.6 is 12.2 Å². The second-order valence-electron chi connectivity index (χ2n) is 4.96. The largest absolute Gasteiger partial charge is 0.393 e. The van der Waals surface area contributed by atoms with Gasteiger partial charge in [-0.2, -0.15) is 0 Å². The number of hydrogen-bond acceptors (Lipinski definition) is 3. The minimum Gasteiger partial charge on any atom is -0.393 e. The summed E-state index contributed by atoms with van der Waals surface area (Å²) in [4.78, 5) is 18.6. The molecular formula is C13H17N3OS. The minimum absolute atomic E-state index is 0.0353. The average molecular weight is 263 g/mol. The van der Waals surface area contributed by atoms with Crippen molar-refractivity contribution >= 4 is 23.1 Å². The molecule has 0 bridgehead atoms. The lowest BCUT2D eigenvalue weighted by Gasteiger charge is -2.38. The molecule has 1 aromatic heterocycles. The Balaban J connectivity index is 2.03. The van der Waals surface area contributed by atoms with Gasteiger partial charge in [0.15, 0.2) is 0 Å². The van der Waals surface area contributed by atoms with Crippen LogP contribution in [0.4, 0.5) is 0 Å². The number of aromatic nitrogens is 1. The number of amides is 1. The maximum absolute atomic E-state index is 12.2. The summed E-state index contributed by atoms with van der Waals surface area (Å²) < 4.78 is 0. The topological polar surface area (TPSA) is 59.2 Å². The molecule has 1 aliphatic heterocycles. The van der Waals surface area contributed by atoms with E-state index in [9.17, 15) is 4.79 Å². The van der Waals surface area contributed by atoms with Gasteiger partial charge in [0.25, 0.3) is 5.91 Å². The summed E-state index contributed by atoms with van der Waals surface area (Å²) in [5.74, 6) is 0.0353. The van der Waals surface area contributed by atoms with E-state index >= 15 is 0 Å². The number of piperidine rings is 1. The van der Waals surface area contributed by atoms with E-state index in [-0.39, 0.29) is 11.3 Å².